The summed E-state index contributed by atoms with van der Waals surface area (Å²) in [4.78, 5) is 19.2. The molecule has 1 heterocycles. The molecule has 8 N–H and O–H groups in total. The van der Waals surface area contributed by atoms with Gasteiger partial charge >= 0.3 is 0 Å². The molecule has 0 bridgehead atoms. The molecule has 0 radical (unpaired) electrons. The number of imidazole rings is 1. The monoisotopic (exact) mass is 354 g/mol. The second kappa shape index (κ2) is 9.55. The van der Waals surface area contributed by atoms with Crippen molar-refractivity contribution in [2.75, 3.05) is 25.4 Å². The number of hydrogen-bond donors (Lipinski definition) is 5. The van der Waals surface area contributed by atoms with E-state index in [0.29, 0.717) is 13.1 Å². The molecule has 0 fully saturated rings. The third-order valence-electron chi connectivity index (χ3n) is 3.66. The summed E-state index contributed by atoms with van der Waals surface area (Å²) in [6, 6.07) is 13.5. The van der Waals surface area contributed by atoms with Crippen molar-refractivity contribution < 1.29 is 4.79 Å². The first-order valence-corrected chi connectivity index (χ1v) is 8.63. The number of carbonyl (C=O) groups is 1. The molecule has 7 heteroatoms. The fourth-order valence-corrected chi connectivity index (χ4v) is 2.24. The standard InChI is InChI=1S/C16H17N5O.C3H9N/c17-7-8-19-16(22)15-20-13-6-3-11(9-14(13)21-15)10-1-4-12(18)5-2-10;1-2-3-4/h1-6,9H,7-8,17-18H2,(H,19,22)(H,20,21);2-4H2,1H3. The van der Waals surface area contributed by atoms with Crippen LogP contribution in [0.1, 0.15) is 24.0 Å². The Hall–Kier alpha value is -2.90. The topological polar surface area (TPSA) is 136 Å². The summed E-state index contributed by atoms with van der Waals surface area (Å²) in [5.74, 6) is 0.0357. The lowest BCUT2D eigenvalue weighted by atomic mass is 10.0. The van der Waals surface area contributed by atoms with Crippen LogP contribution in [0.5, 0.6) is 0 Å². The number of amides is 1. The van der Waals surface area contributed by atoms with Crippen LogP contribution in [-0.4, -0.2) is 35.5 Å². The highest BCUT2D eigenvalue weighted by Crippen LogP contribution is 2.24. The van der Waals surface area contributed by atoms with Crippen molar-refractivity contribution in [3.8, 4) is 11.1 Å². The predicted molar refractivity (Wildman–Crippen MR) is 107 cm³/mol. The van der Waals surface area contributed by atoms with Crippen LogP contribution in [0.3, 0.4) is 0 Å². The summed E-state index contributed by atoms with van der Waals surface area (Å²) in [6.45, 7) is 3.69. The molecule has 1 amide bonds. The Morgan fingerprint density at radius 1 is 1.08 bits per heavy atom. The summed E-state index contributed by atoms with van der Waals surface area (Å²) in [6.07, 6.45) is 1.10. The van der Waals surface area contributed by atoms with Crippen molar-refractivity contribution in [3.63, 3.8) is 0 Å². The summed E-state index contributed by atoms with van der Waals surface area (Å²) >= 11 is 0. The summed E-state index contributed by atoms with van der Waals surface area (Å²) < 4.78 is 0. The Morgan fingerprint density at radius 3 is 2.35 bits per heavy atom. The zero-order chi connectivity index (χ0) is 18.9. The SMILES string of the molecule is CCCN.NCCNC(=O)c1nc2ccc(-c3ccc(N)cc3)cc2[nH]1. The van der Waals surface area contributed by atoms with E-state index in [4.69, 9.17) is 17.2 Å². The Bertz CT molecular complexity index is 839. The first-order chi connectivity index (χ1) is 12.6. The number of nitrogens with one attached hydrogen (secondary N) is 2. The Kier molecular flexibility index (Phi) is 7.13. The Labute approximate surface area is 153 Å². The number of aromatic amines is 1. The van der Waals surface area contributed by atoms with Crippen molar-refractivity contribution in [3.05, 3.63) is 48.3 Å². The maximum Gasteiger partial charge on any atom is 0.287 e. The van der Waals surface area contributed by atoms with Crippen molar-refractivity contribution >= 4 is 22.6 Å². The van der Waals surface area contributed by atoms with Gasteiger partial charge in [-0.25, -0.2) is 4.98 Å². The molecule has 3 aromatic rings. The lowest BCUT2D eigenvalue weighted by Crippen LogP contribution is -2.29. The minimum atomic E-state index is -0.254. The largest absolute Gasteiger partial charge is 0.399 e. The minimum absolute atomic E-state index is 0.254. The second-order valence-corrected chi connectivity index (χ2v) is 5.77. The zero-order valence-electron chi connectivity index (χ0n) is 15.0. The number of benzene rings is 2. The van der Waals surface area contributed by atoms with Crippen LogP contribution < -0.4 is 22.5 Å². The van der Waals surface area contributed by atoms with Crippen LogP contribution in [0.25, 0.3) is 22.2 Å². The van der Waals surface area contributed by atoms with Gasteiger partial charge in [0, 0.05) is 18.8 Å². The van der Waals surface area contributed by atoms with E-state index in [0.717, 1.165) is 40.8 Å². The van der Waals surface area contributed by atoms with Gasteiger partial charge < -0.3 is 27.5 Å². The third kappa shape index (κ3) is 5.05. The van der Waals surface area contributed by atoms with Gasteiger partial charge in [0.05, 0.1) is 11.0 Å². The van der Waals surface area contributed by atoms with Crippen molar-refractivity contribution in [2.24, 2.45) is 11.5 Å². The molecule has 0 aliphatic rings. The number of H-pyrrole nitrogens is 1. The van der Waals surface area contributed by atoms with Gasteiger partial charge in [-0.1, -0.05) is 25.1 Å². The number of nitrogens with two attached hydrogens (primary N) is 3. The molecule has 0 aliphatic carbocycles. The maximum absolute atomic E-state index is 11.9. The van der Waals surface area contributed by atoms with Crippen molar-refractivity contribution in [1.82, 2.24) is 15.3 Å². The summed E-state index contributed by atoms with van der Waals surface area (Å²) in [5.41, 5.74) is 20.5. The van der Waals surface area contributed by atoms with Crippen molar-refractivity contribution in [1.29, 1.82) is 0 Å². The molecule has 138 valence electrons. The molecule has 3 rings (SSSR count). The number of fused-ring (bicyclic) bond motifs is 1. The summed E-state index contributed by atoms with van der Waals surface area (Å²) in [7, 11) is 0. The fraction of sp³-hybridized carbons (Fsp3) is 0.263. The zero-order valence-corrected chi connectivity index (χ0v) is 15.0. The number of anilines is 1. The Balaban J connectivity index is 0.000000552. The second-order valence-electron chi connectivity index (χ2n) is 5.77. The number of hydrogen-bond acceptors (Lipinski definition) is 5. The van der Waals surface area contributed by atoms with Gasteiger partial charge in [0.25, 0.3) is 5.91 Å². The molecule has 0 spiro atoms. The molecule has 0 saturated heterocycles. The molecule has 0 atom stereocenters. The average molecular weight is 354 g/mol. The first kappa shape index (κ1) is 19.4. The molecular formula is C19H26N6O. The quantitative estimate of drug-likeness (QED) is 0.446. The molecular weight excluding hydrogens is 328 g/mol. The van der Waals surface area contributed by atoms with Crippen LogP contribution in [0.15, 0.2) is 42.5 Å². The number of carbonyl (C=O) groups excluding carboxylic acids is 1. The Morgan fingerprint density at radius 2 is 1.73 bits per heavy atom. The molecule has 1 aromatic heterocycles. The van der Waals surface area contributed by atoms with Crippen molar-refractivity contribution in [2.45, 2.75) is 13.3 Å². The molecule has 26 heavy (non-hydrogen) atoms. The molecule has 0 saturated carbocycles. The number of nitrogens with zero attached hydrogens (tertiary/aromatic N) is 1. The van der Waals surface area contributed by atoms with E-state index in [2.05, 4.69) is 22.2 Å². The lowest BCUT2D eigenvalue weighted by Gasteiger charge is -2.02. The van der Waals surface area contributed by atoms with Gasteiger partial charge in [-0.05, 0) is 48.4 Å². The third-order valence-corrected chi connectivity index (χ3v) is 3.66. The van der Waals surface area contributed by atoms with E-state index < -0.39 is 0 Å². The van der Waals surface area contributed by atoms with E-state index in [1.54, 1.807) is 0 Å². The first-order valence-electron chi connectivity index (χ1n) is 8.63. The predicted octanol–water partition coefficient (Wildman–Crippen LogP) is 1.86. The molecule has 7 nitrogen and oxygen atoms in total. The van der Waals surface area contributed by atoms with Gasteiger partial charge in [-0.15, -0.1) is 0 Å². The van der Waals surface area contributed by atoms with E-state index in [1.165, 1.54) is 0 Å². The van der Waals surface area contributed by atoms with E-state index in [-0.39, 0.29) is 11.7 Å². The van der Waals surface area contributed by atoms with Crippen LogP contribution in [0, 0.1) is 0 Å². The summed E-state index contributed by atoms with van der Waals surface area (Å²) in [5, 5.41) is 2.69. The fourth-order valence-electron chi connectivity index (χ4n) is 2.24. The van der Waals surface area contributed by atoms with E-state index in [9.17, 15) is 4.79 Å². The van der Waals surface area contributed by atoms with Gasteiger partial charge in [-0.3, -0.25) is 4.79 Å². The molecule has 0 unspecified atom stereocenters. The van der Waals surface area contributed by atoms with Gasteiger partial charge in [0.1, 0.15) is 0 Å². The average Bonchev–Trinajstić information content (AvgIpc) is 3.10. The van der Waals surface area contributed by atoms with Crippen LogP contribution in [0.4, 0.5) is 5.69 Å². The molecule has 0 aliphatic heterocycles. The number of rotatable bonds is 5. The van der Waals surface area contributed by atoms with E-state index in [1.807, 2.05) is 42.5 Å². The van der Waals surface area contributed by atoms with Gasteiger partial charge in [-0.2, -0.15) is 0 Å². The highest BCUT2D eigenvalue weighted by molar-refractivity contribution is 5.94. The maximum atomic E-state index is 11.9. The van der Waals surface area contributed by atoms with Gasteiger partial charge in [0.15, 0.2) is 5.82 Å². The highest BCUT2D eigenvalue weighted by Gasteiger charge is 2.11. The lowest BCUT2D eigenvalue weighted by molar-refractivity contribution is 0.0945. The number of nitrogen functional groups attached to an aromatic ring is 1. The molecule has 2 aromatic carbocycles. The van der Waals surface area contributed by atoms with Gasteiger partial charge in [0.2, 0.25) is 0 Å². The normalized spacial score (nSPS) is 10.3. The van der Waals surface area contributed by atoms with E-state index >= 15 is 0 Å². The van der Waals surface area contributed by atoms with Crippen LogP contribution in [-0.2, 0) is 0 Å². The highest BCUT2D eigenvalue weighted by atomic mass is 16.2. The minimum Gasteiger partial charge on any atom is -0.399 e. The smallest absolute Gasteiger partial charge is 0.287 e. The van der Waals surface area contributed by atoms with Crippen LogP contribution in [0.2, 0.25) is 0 Å². The number of aromatic nitrogens is 2. The van der Waals surface area contributed by atoms with Crippen LogP contribution >= 0.6 is 0 Å².